The zero-order valence-corrected chi connectivity index (χ0v) is 10.1. The van der Waals surface area contributed by atoms with Gasteiger partial charge in [0.1, 0.15) is 0 Å². The zero-order chi connectivity index (χ0) is 10.7. The van der Waals surface area contributed by atoms with Crippen LogP contribution in [0.3, 0.4) is 0 Å². The Morgan fingerprint density at radius 1 is 1.53 bits per heavy atom. The third-order valence-corrected chi connectivity index (χ3v) is 2.71. The van der Waals surface area contributed by atoms with Crippen LogP contribution in [-0.4, -0.2) is 28.5 Å². The van der Waals surface area contributed by atoms with Gasteiger partial charge in [-0.15, -0.1) is 5.10 Å². The van der Waals surface area contributed by atoms with Crippen LogP contribution in [0, 0.1) is 0 Å². The molecule has 0 bridgehead atoms. The molecule has 0 aliphatic heterocycles. The number of aromatic nitrogens is 3. The summed E-state index contributed by atoms with van der Waals surface area (Å²) in [5.74, 6) is 0. The lowest BCUT2D eigenvalue weighted by atomic mass is 10.2. The average molecular weight is 270 g/mol. The molecule has 0 saturated carbocycles. The van der Waals surface area contributed by atoms with Crippen LogP contribution in [0.15, 0.2) is 22.8 Å². The number of nitrogens with zero attached hydrogens (tertiary/aromatic N) is 3. The van der Waals surface area contributed by atoms with Crippen LogP contribution in [0.4, 0.5) is 0 Å². The Balaban J connectivity index is 2.23. The molecule has 0 atom stereocenters. The Morgan fingerprint density at radius 3 is 3.20 bits per heavy atom. The van der Waals surface area contributed by atoms with Crippen molar-refractivity contribution in [3.8, 4) is 0 Å². The van der Waals surface area contributed by atoms with Crippen LogP contribution in [0.1, 0.15) is 12.1 Å². The molecule has 0 amide bonds. The molecule has 0 aliphatic carbocycles. The Kier molecular flexibility index (Phi) is 3.33. The van der Waals surface area contributed by atoms with E-state index in [-0.39, 0.29) is 0 Å². The molecule has 4 nitrogen and oxygen atoms in total. The van der Waals surface area contributed by atoms with Crippen molar-refractivity contribution in [1.82, 2.24) is 14.8 Å². The summed E-state index contributed by atoms with van der Waals surface area (Å²) in [6.07, 6.45) is 3.76. The van der Waals surface area contributed by atoms with Crippen LogP contribution >= 0.6 is 15.9 Å². The fourth-order valence-corrected chi connectivity index (χ4v) is 1.81. The number of hydrogen-bond acceptors (Lipinski definition) is 3. The van der Waals surface area contributed by atoms with Gasteiger partial charge in [-0.3, -0.25) is 0 Å². The molecule has 2 heterocycles. The number of pyridine rings is 1. The number of methoxy groups -OCH3 is 1. The molecule has 0 aliphatic rings. The number of aryl methyl sites for hydroxylation is 1. The van der Waals surface area contributed by atoms with E-state index in [1.165, 1.54) is 0 Å². The summed E-state index contributed by atoms with van der Waals surface area (Å²) in [6.45, 7) is 0.757. The predicted molar refractivity (Wildman–Crippen MR) is 60.9 cm³/mol. The van der Waals surface area contributed by atoms with Gasteiger partial charge in [-0.25, -0.2) is 4.52 Å². The van der Waals surface area contributed by atoms with Crippen molar-refractivity contribution in [1.29, 1.82) is 0 Å². The lowest BCUT2D eigenvalue weighted by molar-refractivity contribution is 0.195. The molecular formula is C10H12BrN3O. The second-order valence-corrected chi connectivity index (χ2v) is 4.22. The fourth-order valence-electron chi connectivity index (χ4n) is 1.48. The van der Waals surface area contributed by atoms with Crippen molar-refractivity contribution in [2.75, 3.05) is 13.7 Å². The van der Waals surface area contributed by atoms with E-state index in [1.54, 1.807) is 11.6 Å². The fraction of sp³-hybridized carbons (Fsp3) is 0.400. The van der Waals surface area contributed by atoms with E-state index < -0.39 is 0 Å². The first-order valence-electron chi connectivity index (χ1n) is 4.79. The number of ether oxygens (including phenoxy) is 1. The molecule has 0 N–H and O–H groups in total. The first-order chi connectivity index (χ1) is 7.31. The zero-order valence-electron chi connectivity index (χ0n) is 8.48. The molecule has 0 fully saturated rings. The Bertz CT molecular complexity index is 455. The van der Waals surface area contributed by atoms with Crippen LogP contribution in [0.25, 0.3) is 5.52 Å². The summed E-state index contributed by atoms with van der Waals surface area (Å²) in [5, 5.41) is 8.19. The van der Waals surface area contributed by atoms with Crippen LogP contribution in [0.5, 0.6) is 0 Å². The lowest BCUT2D eigenvalue weighted by Crippen LogP contribution is -1.93. The Morgan fingerprint density at radius 2 is 2.40 bits per heavy atom. The van der Waals surface area contributed by atoms with E-state index in [4.69, 9.17) is 4.74 Å². The third-order valence-electron chi connectivity index (χ3n) is 2.22. The summed E-state index contributed by atoms with van der Waals surface area (Å²) in [6, 6.07) is 3.97. The highest BCUT2D eigenvalue weighted by molar-refractivity contribution is 9.10. The minimum Gasteiger partial charge on any atom is -0.385 e. The van der Waals surface area contributed by atoms with Crippen molar-refractivity contribution >= 4 is 21.4 Å². The molecular weight excluding hydrogens is 258 g/mol. The maximum absolute atomic E-state index is 5.01. The van der Waals surface area contributed by atoms with Crippen molar-refractivity contribution in [3.63, 3.8) is 0 Å². The number of rotatable bonds is 4. The number of hydrogen-bond donors (Lipinski definition) is 0. The van der Waals surface area contributed by atoms with Gasteiger partial charge in [0.05, 0.1) is 11.2 Å². The summed E-state index contributed by atoms with van der Waals surface area (Å²) in [5.41, 5.74) is 2.08. The van der Waals surface area contributed by atoms with Crippen LogP contribution in [0.2, 0.25) is 0 Å². The molecule has 0 saturated heterocycles. The average Bonchev–Trinajstić information content (AvgIpc) is 2.62. The van der Waals surface area contributed by atoms with E-state index in [0.29, 0.717) is 0 Å². The summed E-state index contributed by atoms with van der Waals surface area (Å²) >= 11 is 3.44. The lowest BCUT2D eigenvalue weighted by Gasteiger charge is -1.97. The number of halogens is 1. The van der Waals surface area contributed by atoms with E-state index in [0.717, 1.165) is 35.1 Å². The normalized spacial score (nSPS) is 11.1. The van der Waals surface area contributed by atoms with Crippen molar-refractivity contribution in [2.24, 2.45) is 0 Å². The quantitative estimate of drug-likeness (QED) is 0.798. The molecule has 0 spiro atoms. The van der Waals surface area contributed by atoms with E-state index in [2.05, 4.69) is 26.2 Å². The van der Waals surface area contributed by atoms with Crippen molar-refractivity contribution < 1.29 is 4.74 Å². The van der Waals surface area contributed by atoms with Gasteiger partial charge in [0.2, 0.25) is 0 Å². The molecule has 0 radical (unpaired) electrons. The van der Waals surface area contributed by atoms with Crippen LogP contribution < -0.4 is 0 Å². The maximum Gasteiger partial charge on any atom is 0.0908 e. The summed E-state index contributed by atoms with van der Waals surface area (Å²) in [7, 11) is 1.71. The molecule has 2 aromatic rings. The minimum atomic E-state index is 0.757. The first kappa shape index (κ1) is 10.6. The molecule has 2 aromatic heterocycles. The molecule has 80 valence electrons. The largest absolute Gasteiger partial charge is 0.385 e. The van der Waals surface area contributed by atoms with Gasteiger partial charge in [0.25, 0.3) is 0 Å². The maximum atomic E-state index is 5.01. The highest BCUT2D eigenvalue weighted by Crippen LogP contribution is 2.15. The van der Waals surface area contributed by atoms with Gasteiger partial charge in [-0.1, -0.05) is 21.1 Å². The van der Waals surface area contributed by atoms with Crippen LogP contribution in [-0.2, 0) is 11.2 Å². The second-order valence-electron chi connectivity index (χ2n) is 3.31. The highest BCUT2D eigenvalue weighted by Gasteiger charge is 2.05. The topological polar surface area (TPSA) is 39.4 Å². The molecule has 2 rings (SSSR count). The summed E-state index contributed by atoms with van der Waals surface area (Å²) in [4.78, 5) is 0. The molecule has 0 unspecified atom stereocenters. The van der Waals surface area contributed by atoms with Gasteiger partial charge in [-0.05, 0) is 25.0 Å². The Hall–Kier alpha value is -0.940. The van der Waals surface area contributed by atoms with Gasteiger partial charge < -0.3 is 4.74 Å². The minimum absolute atomic E-state index is 0.757. The molecule has 15 heavy (non-hydrogen) atoms. The molecule has 0 aromatic carbocycles. The van der Waals surface area contributed by atoms with Gasteiger partial charge in [0.15, 0.2) is 0 Å². The van der Waals surface area contributed by atoms with Gasteiger partial charge in [-0.2, -0.15) is 0 Å². The standard InChI is InChI=1S/C10H12BrN3O/c1-15-6-2-3-9-10-7-8(11)4-5-14(10)13-12-9/h4-5,7H,2-3,6H2,1H3. The van der Waals surface area contributed by atoms with Crippen molar-refractivity contribution in [3.05, 3.63) is 28.5 Å². The number of fused-ring (bicyclic) bond motifs is 1. The predicted octanol–water partition coefficient (Wildman–Crippen LogP) is 2.07. The third kappa shape index (κ3) is 2.35. The first-order valence-corrected chi connectivity index (χ1v) is 5.59. The molecule has 5 heteroatoms. The SMILES string of the molecule is COCCCc1nnn2ccc(Br)cc12. The van der Waals surface area contributed by atoms with E-state index in [1.807, 2.05) is 18.3 Å². The highest BCUT2D eigenvalue weighted by atomic mass is 79.9. The second kappa shape index (κ2) is 4.72. The Labute approximate surface area is 96.4 Å². The van der Waals surface area contributed by atoms with Gasteiger partial charge >= 0.3 is 0 Å². The van der Waals surface area contributed by atoms with E-state index in [9.17, 15) is 0 Å². The smallest absolute Gasteiger partial charge is 0.0908 e. The van der Waals surface area contributed by atoms with Crippen molar-refractivity contribution in [2.45, 2.75) is 12.8 Å². The van der Waals surface area contributed by atoms with E-state index >= 15 is 0 Å². The monoisotopic (exact) mass is 269 g/mol. The summed E-state index contributed by atoms with van der Waals surface area (Å²) < 4.78 is 7.84. The van der Waals surface area contributed by atoms with Gasteiger partial charge in [0, 0.05) is 24.4 Å².